The number of hydrogen-bond acceptors (Lipinski definition) is 5. The average Bonchev–Trinajstić information content (AvgIpc) is 3.13. The Bertz CT molecular complexity index is 929. The van der Waals surface area contributed by atoms with E-state index in [1.807, 2.05) is 18.2 Å². The molecule has 0 bridgehead atoms. The van der Waals surface area contributed by atoms with E-state index in [2.05, 4.69) is 5.32 Å². The van der Waals surface area contributed by atoms with E-state index in [0.29, 0.717) is 5.69 Å². The number of nitriles is 1. The van der Waals surface area contributed by atoms with Crippen molar-refractivity contribution in [2.24, 2.45) is 14.1 Å². The molecule has 1 aromatic heterocycles. The second kappa shape index (κ2) is 6.85. The lowest BCUT2D eigenvalue weighted by atomic mass is 10.2. The SMILES string of the molecule is Cn1c(Nc2ccc(OC3CCCC3)cc2)c(C#N)c(=O)n(C)c1=O. The lowest BCUT2D eigenvalue weighted by Gasteiger charge is -2.15. The molecule has 0 unspecified atom stereocenters. The predicted molar refractivity (Wildman–Crippen MR) is 94.2 cm³/mol. The zero-order valence-electron chi connectivity index (χ0n) is 14.3. The first kappa shape index (κ1) is 16.8. The Morgan fingerprint density at radius 3 is 2.36 bits per heavy atom. The highest BCUT2D eigenvalue weighted by molar-refractivity contribution is 5.63. The van der Waals surface area contributed by atoms with Crippen molar-refractivity contribution < 1.29 is 4.74 Å². The standard InChI is InChI=1S/C18H20N4O3/c1-21-16(15(11-19)17(23)22(2)18(21)24)20-12-7-9-14(10-8-12)25-13-5-3-4-6-13/h7-10,13,20H,3-6H2,1-2H3. The van der Waals surface area contributed by atoms with Crippen molar-refractivity contribution in [3.8, 4) is 11.8 Å². The van der Waals surface area contributed by atoms with Crippen LogP contribution >= 0.6 is 0 Å². The minimum absolute atomic E-state index is 0.101. The first-order valence-corrected chi connectivity index (χ1v) is 8.25. The summed E-state index contributed by atoms with van der Waals surface area (Å²) in [4.78, 5) is 24.2. The van der Waals surface area contributed by atoms with Gasteiger partial charge < -0.3 is 10.1 Å². The highest BCUT2D eigenvalue weighted by Crippen LogP contribution is 2.26. The van der Waals surface area contributed by atoms with E-state index in [1.165, 1.54) is 31.5 Å². The van der Waals surface area contributed by atoms with Crippen molar-refractivity contribution in [2.75, 3.05) is 5.32 Å². The van der Waals surface area contributed by atoms with Gasteiger partial charge in [0.25, 0.3) is 5.56 Å². The Labute approximate surface area is 145 Å². The van der Waals surface area contributed by atoms with Gasteiger partial charge in [-0.2, -0.15) is 5.26 Å². The Balaban J connectivity index is 1.86. The fourth-order valence-corrected chi connectivity index (χ4v) is 3.04. The van der Waals surface area contributed by atoms with Gasteiger partial charge in [-0.15, -0.1) is 0 Å². The van der Waals surface area contributed by atoms with Crippen LogP contribution in [0.2, 0.25) is 0 Å². The average molecular weight is 340 g/mol. The van der Waals surface area contributed by atoms with Gasteiger partial charge >= 0.3 is 5.69 Å². The van der Waals surface area contributed by atoms with Gasteiger partial charge in [0.1, 0.15) is 17.6 Å². The number of aromatic nitrogens is 2. The number of rotatable bonds is 4. The van der Waals surface area contributed by atoms with Gasteiger partial charge in [-0.1, -0.05) is 0 Å². The lowest BCUT2D eigenvalue weighted by molar-refractivity contribution is 0.210. The third-order valence-corrected chi connectivity index (χ3v) is 4.50. The summed E-state index contributed by atoms with van der Waals surface area (Å²) in [7, 11) is 2.87. The van der Waals surface area contributed by atoms with Crippen molar-refractivity contribution in [1.82, 2.24) is 9.13 Å². The number of benzene rings is 1. The maximum absolute atomic E-state index is 12.1. The second-order valence-electron chi connectivity index (χ2n) is 6.21. The summed E-state index contributed by atoms with van der Waals surface area (Å²) in [6.07, 6.45) is 4.86. The zero-order valence-corrected chi connectivity index (χ0v) is 14.3. The fourth-order valence-electron chi connectivity index (χ4n) is 3.04. The smallest absolute Gasteiger partial charge is 0.332 e. The number of hydrogen-bond donors (Lipinski definition) is 1. The van der Waals surface area contributed by atoms with Crippen LogP contribution in [0.4, 0.5) is 11.5 Å². The lowest BCUT2D eigenvalue weighted by Crippen LogP contribution is -2.39. The first-order valence-electron chi connectivity index (χ1n) is 8.25. The number of nitrogens with zero attached hydrogens (tertiary/aromatic N) is 3. The van der Waals surface area contributed by atoms with E-state index in [0.717, 1.165) is 23.2 Å². The van der Waals surface area contributed by atoms with Gasteiger partial charge in [0.2, 0.25) is 0 Å². The zero-order chi connectivity index (χ0) is 18.0. The third kappa shape index (κ3) is 3.29. The molecule has 0 amide bonds. The van der Waals surface area contributed by atoms with E-state index in [1.54, 1.807) is 12.1 Å². The van der Waals surface area contributed by atoms with Gasteiger partial charge in [0.15, 0.2) is 5.56 Å². The minimum Gasteiger partial charge on any atom is -0.490 e. The Kier molecular flexibility index (Phi) is 4.61. The molecule has 1 fully saturated rings. The van der Waals surface area contributed by atoms with Crippen molar-refractivity contribution in [2.45, 2.75) is 31.8 Å². The monoisotopic (exact) mass is 340 g/mol. The molecule has 2 aromatic rings. The van der Waals surface area contributed by atoms with Crippen LogP contribution < -0.4 is 21.3 Å². The molecule has 1 aromatic carbocycles. The number of anilines is 2. The molecule has 3 rings (SSSR count). The van der Waals surface area contributed by atoms with Crippen molar-refractivity contribution in [3.05, 3.63) is 50.7 Å². The quantitative estimate of drug-likeness (QED) is 0.920. The molecular weight excluding hydrogens is 320 g/mol. The summed E-state index contributed by atoms with van der Waals surface area (Å²) < 4.78 is 8.09. The molecule has 0 aliphatic heterocycles. The van der Waals surface area contributed by atoms with E-state index in [9.17, 15) is 14.9 Å². The predicted octanol–water partition coefficient (Wildman–Crippen LogP) is 2.02. The molecule has 1 saturated carbocycles. The van der Waals surface area contributed by atoms with Gasteiger partial charge in [0, 0.05) is 19.8 Å². The van der Waals surface area contributed by atoms with Crippen molar-refractivity contribution >= 4 is 11.5 Å². The van der Waals surface area contributed by atoms with E-state index in [-0.39, 0.29) is 17.5 Å². The number of nitrogens with one attached hydrogen (secondary N) is 1. The summed E-state index contributed by atoms with van der Waals surface area (Å²) in [5, 5.41) is 12.3. The van der Waals surface area contributed by atoms with Gasteiger partial charge in [-0.05, 0) is 49.9 Å². The van der Waals surface area contributed by atoms with Gasteiger partial charge in [-0.3, -0.25) is 13.9 Å². The molecule has 0 spiro atoms. The van der Waals surface area contributed by atoms with Crippen LogP contribution in [-0.2, 0) is 14.1 Å². The molecule has 0 saturated heterocycles. The van der Waals surface area contributed by atoms with Crippen molar-refractivity contribution in [3.63, 3.8) is 0 Å². The Morgan fingerprint density at radius 1 is 1.12 bits per heavy atom. The molecule has 130 valence electrons. The maximum Gasteiger partial charge on any atom is 0.332 e. The molecule has 7 nitrogen and oxygen atoms in total. The summed E-state index contributed by atoms with van der Waals surface area (Å²) in [6.45, 7) is 0. The number of ether oxygens (including phenoxy) is 1. The van der Waals surface area contributed by atoms with E-state index < -0.39 is 11.2 Å². The Hall–Kier alpha value is -3.01. The normalized spacial score (nSPS) is 14.3. The van der Waals surface area contributed by atoms with Crippen LogP contribution in [0.3, 0.4) is 0 Å². The molecule has 1 N–H and O–H groups in total. The van der Waals surface area contributed by atoms with E-state index >= 15 is 0 Å². The highest BCUT2D eigenvalue weighted by atomic mass is 16.5. The Morgan fingerprint density at radius 2 is 1.76 bits per heavy atom. The van der Waals surface area contributed by atoms with Gasteiger partial charge in [-0.25, -0.2) is 4.79 Å². The third-order valence-electron chi connectivity index (χ3n) is 4.50. The molecule has 1 aliphatic rings. The minimum atomic E-state index is -0.616. The molecule has 25 heavy (non-hydrogen) atoms. The maximum atomic E-state index is 12.1. The van der Waals surface area contributed by atoms with Gasteiger partial charge in [0.05, 0.1) is 6.10 Å². The van der Waals surface area contributed by atoms with Crippen LogP contribution in [0.25, 0.3) is 0 Å². The van der Waals surface area contributed by atoms with Crippen molar-refractivity contribution in [1.29, 1.82) is 5.26 Å². The van der Waals surface area contributed by atoms with E-state index in [4.69, 9.17) is 4.74 Å². The summed E-state index contributed by atoms with van der Waals surface area (Å²) in [5.41, 5.74) is -0.545. The molecule has 7 heteroatoms. The fraction of sp³-hybridized carbons (Fsp3) is 0.389. The molecule has 1 heterocycles. The molecular formula is C18H20N4O3. The summed E-state index contributed by atoms with van der Waals surface area (Å²) in [5.74, 6) is 0.968. The molecule has 0 radical (unpaired) electrons. The van der Waals surface area contributed by atoms with Crippen LogP contribution in [0, 0.1) is 11.3 Å². The first-order chi connectivity index (χ1) is 12.0. The van der Waals surface area contributed by atoms with Crippen LogP contribution in [0.5, 0.6) is 5.75 Å². The molecule has 1 aliphatic carbocycles. The van der Waals surface area contributed by atoms with Crippen LogP contribution in [0.15, 0.2) is 33.9 Å². The highest BCUT2D eigenvalue weighted by Gasteiger charge is 2.17. The summed E-state index contributed by atoms with van der Waals surface area (Å²) in [6, 6.07) is 9.15. The second-order valence-corrected chi connectivity index (χ2v) is 6.21. The largest absolute Gasteiger partial charge is 0.490 e. The van der Waals surface area contributed by atoms with Crippen LogP contribution in [0.1, 0.15) is 31.2 Å². The summed E-state index contributed by atoms with van der Waals surface area (Å²) >= 11 is 0. The van der Waals surface area contributed by atoms with Crippen LogP contribution in [-0.4, -0.2) is 15.2 Å². The molecule has 0 atom stereocenters. The topological polar surface area (TPSA) is 89.1 Å².